The topological polar surface area (TPSA) is 90.3 Å². The summed E-state index contributed by atoms with van der Waals surface area (Å²) >= 11 is 0. The van der Waals surface area contributed by atoms with Gasteiger partial charge in [0.05, 0.1) is 11.4 Å². The average Bonchev–Trinajstić information content (AvgIpc) is 2.69. The Balaban J connectivity index is 1.69. The molecule has 0 aliphatic carbocycles. The van der Waals surface area contributed by atoms with E-state index in [1.165, 1.54) is 17.7 Å². The van der Waals surface area contributed by atoms with Crippen LogP contribution >= 0.6 is 0 Å². The van der Waals surface area contributed by atoms with Crippen LogP contribution in [-0.4, -0.2) is 28.1 Å². The summed E-state index contributed by atoms with van der Waals surface area (Å²) in [6.07, 6.45) is 0. The summed E-state index contributed by atoms with van der Waals surface area (Å²) in [5.41, 5.74) is 2.19. The zero-order valence-electron chi connectivity index (χ0n) is 15.5. The van der Waals surface area contributed by atoms with Gasteiger partial charge < -0.3 is 10.1 Å². The number of anilines is 1. The summed E-state index contributed by atoms with van der Waals surface area (Å²) in [5.74, 6) is 0.119. The van der Waals surface area contributed by atoms with Crippen LogP contribution in [0.1, 0.15) is 17.3 Å². The molecule has 0 aliphatic heterocycles. The molecule has 28 heavy (non-hydrogen) atoms. The molecule has 0 radical (unpaired) electrons. The van der Waals surface area contributed by atoms with E-state index in [2.05, 4.69) is 10.4 Å². The van der Waals surface area contributed by atoms with E-state index < -0.39 is 0 Å². The summed E-state index contributed by atoms with van der Waals surface area (Å²) in [4.78, 5) is 35.1. The van der Waals surface area contributed by atoms with Gasteiger partial charge in [0.15, 0.2) is 12.4 Å². The molecule has 0 unspecified atom stereocenters. The molecule has 7 nitrogen and oxygen atoms in total. The monoisotopic (exact) mass is 377 g/mol. The van der Waals surface area contributed by atoms with Crippen LogP contribution in [0.25, 0.3) is 11.3 Å². The van der Waals surface area contributed by atoms with Crippen LogP contribution in [0.5, 0.6) is 5.75 Å². The van der Waals surface area contributed by atoms with E-state index in [1.54, 1.807) is 49.5 Å². The molecule has 0 saturated heterocycles. The van der Waals surface area contributed by atoms with Crippen LogP contribution in [0.2, 0.25) is 0 Å². The number of hydrogen-bond donors (Lipinski definition) is 1. The zero-order chi connectivity index (χ0) is 20.1. The van der Waals surface area contributed by atoms with Crippen molar-refractivity contribution in [1.29, 1.82) is 0 Å². The van der Waals surface area contributed by atoms with Gasteiger partial charge in [-0.1, -0.05) is 18.2 Å². The minimum absolute atomic E-state index is 0.0343. The molecule has 1 heterocycles. The Morgan fingerprint density at radius 3 is 2.43 bits per heavy atom. The van der Waals surface area contributed by atoms with Gasteiger partial charge in [-0.3, -0.25) is 14.4 Å². The van der Waals surface area contributed by atoms with E-state index in [0.717, 1.165) is 0 Å². The number of ether oxygens (including phenoxy) is 1. The van der Waals surface area contributed by atoms with Crippen molar-refractivity contribution < 1.29 is 14.3 Å². The number of para-hydroxylation sites is 1. The number of hydrogen-bond acceptors (Lipinski definition) is 5. The van der Waals surface area contributed by atoms with Gasteiger partial charge in [-0.2, -0.15) is 5.10 Å². The molecular formula is C21H19N3O4. The highest BCUT2D eigenvalue weighted by atomic mass is 16.5. The van der Waals surface area contributed by atoms with Crippen molar-refractivity contribution in [3.8, 4) is 17.0 Å². The Morgan fingerprint density at radius 1 is 1.04 bits per heavy atom. The molecule has 0 bridgehead atoms. The lowest BCUT2D eigenvalue weighted by Crippen LogP contribution is -2.21. The first-order chi connectivity index (χ1) is 13.4. The third-order valence-electron chi connectivity index (χ3n) is 4.07. The minimum Gasteiger partial charge on any atom is -0.484 e. The number of nitrogens with zero attached hydrogens (tertiary/aromatic N) is 2. The second-order valence-electron chi connectivity index (χ2n) is 6.14. The van der Waals surface area contributed by atoms with Crippen molar-refractivity contribution in [3.63, 3.8) is 0 Å². The number of ketones is 1. The highest BCUT2D eigenvalue weighted by Gasteiger charge is 2.11. The highest BCUT2D eigenvalue weighted by Crippen LogP contribution is 2.25. The van der Waals surface area contributed by atoms with Crippen LogP contribution in [0, 0.1) is 0 Å². The number of carbonyl (C=O) groups is 2. The van der Waals surface area contributed by atoms with E-state index >= 15 is 0 Å². The Hall–Kier alpha value is -3.74. The van der Waals surface area contributed by atoms with E-state index in [-0.39, 0.29) is 23.9 Å². The first-order valence-electron chi connectivity index (χ1n) is 8.61. The molecule has 0 spiro atoms. The van der Waals surface area contributed by atoms with Gasteiger partial charge in [-0.15, -0.1) is 0 Å². The molecule has 0 aliphatic rings. The summed E-state index contributed by atoms with van der Waals surface area (Å²) in [7, 11) is 1.57. The van der Waals surface area contributed by atoms with Gasteiger partial charge in [0.25, 0.3) is 11.5 Å². The van der Waals surface area contributed by atoms with Gasteiger partial charge >= 0.3 is 0 Å². The normalized spacial score (nSPS) is 10.4. The van der Waals surface area contributed by atoms with E-state index in [4.69, 9.17) is 4.74 Å². The number of amides is 1. The van der Waals surface area contributed by atoms with Crippen molar-refractivity contribution in [2.75, 3.05) is 11.9 Å². The SMILES string of the molecule is CC(=O)c1ccc(OCC(=O)Nc2ccccc2-c2ccc(=O)n(C)n2)cc1. The third-order valence-corrected chi connectivity index (χ3v) is 4.07. The fraction of sp³-hybridized carbons (Fsp3) is 0.143. The highest BCUT2D eigenvalue weighted by molar-refractivity contribution is 5.96. The average molecular weight is 377 g/mol. The Bertz CT molecular complexity index is 1070. The summed E-state index contributed by atoms with van der Waals surface area (Å²) < 4.78 is 6.71. The fourth-order valence-electron chi connectivity index (χ4n) is 2.58. The smallest absolute Gasteiger partial charge is 0.266 e. The lowest BCUT2D eigenvalue weighted by molar-refractivity contribution is -0.118. The van der Waals surface area contributed by atoms with Gasteiger partial charge in [-0.05, 0) is 43.3 Å². The molecule has 3 aromatic rings. The molecule has 142 valence electrons. The number of carbonyl (C=O) groups excluding carboxylic acids is 2. The minimum atomic E-state index is -0.340. The first kappa shape index (κ1) is 19.0. The second-order valence-corrected chi connectivity index (χ2v) is 6.14. The number of rotatable bonds is 6. The number of benzene rings is 2. The van der Waals surface area contributed by atoms with Crippen molar-refractivity contribution in [1.82, 2.24) is 9.78 Å². The van der Waals surface area contributed by atoms with Gasteiger partial charge in [-0.25, -0.2) is 4.68 Å². The molecule has 2 aromatic carbocycles. The summed E-state index contributed by atoms with van der Waals surface area (Å²) in [6.45, 7) is 1.30. The molecule has 0 fully saturated rings. The standard InChI is InChI=1S/C21H19N3O4/c1-14(25)15-7-9-16(10-8-15)28-13-20(26)22-18-6-4-3-5-17(18)19-11-12-21(27)24(2)23-19/h3-12H,13H2,1-2H3,(H,22,26). The van der Waals surface area contributed by atoms with Crippen LogP contribution in [0.4, 0.5) is 5.69 Å². The van der Waals surface area contributed by atoms with Gasteiger partial charge in [0, 0.05) is 24.2 Å². The second kappa shape index (κ2) is 8.30. The van der Waals surface area contributed by atoms with Crippen LogP contribution < -0.4 is 15.6 Å². The number of Topliss-reactive ketones (excluding diaryl/α,β-unsaturated/α-hetero) is 1. The predicted molar refractivity (Wildman–Crippen MR) is 105 cm³/mol. The predicted octanol–water partition coefficient (Wildman–Crippen LogP) is 2.67. The van der Waals surface area contributed by atoms with Gasteiger partial charge in [0.2, 0.25) is 0 Å². The zero-order valence-corrected chi connectivity index (χ0v) is 15.5. The Kier molecular flexibility index (Phi) is 5.64. The largest absolute Gasteiger partial charge is 0.484 e. The molecule has 1 N–H and O–H groups in total. The molecule has 1 amide bonds. The fourth-order valence-corrected chi connectivity index (χ4v) is 2.58. The van der Waals surface area contributed by atoms with Crippen molar-refractivity contribution in [3.05, 3.63) is 76.6 Å². The summed E-state index contributed by atoms with van der Waals surface area (Å²) in [6, 6.07) is 16.8. The molecule has 7 heteroatoms. The first-order valence-corrected chi connectivity index (χ1v) is 8.61. The third kappa shape index (κ3) is 4.50. The van der Waals surface area contributed by atoms with Crippen LogP contribution in [0.3, 0.4) is 0 Å². The molecule has 0 atom stereocenters. The lowest BCUT2D eigenvalue weighted by atomic mass is 10.1. The van der Waals surface area contributed by atoms with Crippen molar-refractivity contribution in [2.45, 2.75) is 6.92 Å². The quantitative estimate of drug-likeness (QED) is 0.667. The van der Waals surface area contributed by atoms with Crippen LogP contribution in [0.15, 0.2) is 65.5 Å². The van der Waals surface area contributed by atoms with E-state index in [1.807, 2.05) is 12.1 Å². The lowest BCUT2D eigenvalue weighted by Gasteiger charge is -2.12. The maximum absolute atomic E-state index is 12.3. The Labute approximate surface area is 161 Å². The maximum Gasteiger partial charge on any atom is 0.266 e. The Morgan fingerprint density at radius 2 is 1.75 bits per heavy atom. The van der Waals surface area contributed by atoms with E-state index in [0.29, 0.717) is 28.3 Å². The van der Waals surface area contributed by atoms with Crippen LogP contribution in [-0.2, 0) is 11.8 Å². The number of aromatic nitrogens is 2. The van der Waals surface area contributed by atoms with E-state index in [9.17, 15) is 14.4 Å². The molecular weight excluding hydrogens is 358 g/mol. The van der Waals surface area contributed by atoms with Crippen molar-refractivity contribution in [2.24, 2.45) is 7.05 Å². The number of aryl methyl sites for hydroxylation is 1. The summed E-state index contributed by atoms with van der Waals surface area (Å²) in [5, 5.41) is 7.02. The maximum atomic E-state index is 12.3. The number of nitrogens with one attached hydrogen (secondary N) is 1. The van der Waals surface area contributed by atoms with Gasteiger partial charge in [0.1, 0.15) is 5.75 Å². The molecule has 3 rings (SSSR count). The van der Waals surface area contributed by atoms with Crippen molar-refractivity contribution >= 4 is 17.4 Å². The molecule has 0 saturated carbocycles. The molecule has 1 aromatic heterocycles.